The SMILES string of the molecule is COc1cc2c(cc1OC)CN(C(=O)[C@H](C)N1Cc3ccccc3C1=O)[C@H](C(N)=O)C2. The van der Waals surface area contributed by atoms with Crippen LogP contribution in [0.1, 0.15) is 34.0 Å². The van der Waals surface area contributed by atoms with Crippen LogP contribution in [0.2, 0.25) is 0 Å². The summed E-state index contributed by atoms with van der Waals surface area (Å²) in [5.41, 5.74) is 8.89. The number of nitrogens with zero attached hydrogens (tertiary/aromatic N) is 2. The van der Waals surface area contributed by atoms with Crippen molar-refractivity contribution in [1.29, 1.82) is 0 Å². The molecule has 31 heavy (non-hydrogen) atoms. The first-order valence-corrected chi connectivity index (χ1v) is 10.1. The summed E-state index contributed by atoms with van der Waals surface area (Å²) in [6.07, 6.45) is 0.275. The smallest absolute Gasteiger partial charge is 0.255 e. The summed E-state index contributed by atoms with van der Waals surface area (Å²) in [5, 5.41) is 0. The molecule has 0 saturated heterocycles. The van der Waals surface area contributed by atoms with Gasteiger partial charge in [-0.05, 0) is 41.8 Å². The van der Waals surface area contributed by atoms with E-state index in [1.54, 1.807) is 33.3 Å². The Labute approximate surface area is 180 Å². The van der Waals surface area contributed by atoms with Gasteiger partial charge in [0.05, 0.1) is 14.2 Å². The van der Waals surface area contributed by atoms with Gasteiger partial charge in [-0.2, -0.15) is 0 Å². The molecule has 0 aliphatic carbocycles. The average molecular weight is 423 g/mol. The molecule has 3 amide bonds. The van der Waals surface area contributed by atoms with Crippen LogP contribution in [0.5, 0.6) is 11.5 Å². The summed E-state index contributed by atoms with van der Waals surface area (Å²) in [4.78, 5) is 41.5. The second kappa shape index (κ2) is 7.94. The summed E-state index contributed by atoms with van der Waals surface area (Å²) in [6.45, 7) is 2.24. The number of rotatable bonds is 5. The number of amides is 3. The van der Waals surface area contributed by atoms with Crippen LogP contribution in [0.3, 0.4) is 0 Å². The molecule has 2 aliphatic heterocycles. The lowest BCUT2D eigenvalue weighted by molar-refractivity contribution is -0.144. The van der Waals surface area contributed by atoms with Crippen LogP contribution in [0.25, 0.3) is 0 Å². The number of carbonyl (C=O) groups is 3. The fourth-order valence-corrected chi connectivity index (χ4v) is 4.36. The molecule has 2 N–H and O–H groups in total. The summed E-state index contributed by atoms with van der Waals surface area (Å²) in [5.74, 6) is 0.0146. The molecule has 0 saturated carbocycles. The molecule has 2 aromatic carbocycles. The van der Waals surface area contributed by atoms with E-state index in [9.17, 15) is 14.4 Å². The third-order valence-electron chi connectivity index (χ3n) is 6.12. The minimum atomic E-state index is -0.805. The Bertz CT molecular complexity index is 1070. The maximum atomic E-state index is 13.5. The van der Waals surface area contributed by atoms with Crippen LogP contribution in [0, 0.1) is 0 Å². The topological polar surface area (TPSA) is 102 Å². The van der Waals surface area contributed by atoms with Crippen molar-refractivity contribution in [3.8, 4) is 11.5 Å². The van der Waals surface area contributed by atoms with E-state index in [0.717, 1.165) is 16.7 Å². The highest BCUT2D eigenvalue weighted by atomic mass is 16.5. The molecule has 0 unspecified atom stereocenters. The molecule has 8 nitrogen and oxygen atoms in total. The van der Waals surface area contributed by atoms with Crippen LogP contribution in [-0.4, -0.2) is 53.8 Å². The maximum Gasteiger partial charge on any atom is 0.255 e. The van der Waals surface area contributed by atoms with Crippen molar-refractivity contribution in [3.05, 3.63) is 58.7 Å². The van der Waals surface area contributed by atoms with Gasteiger partial charge in [0, 0.05) is 25.1 Å². The minimum absolute atomic E-state index is 0.184. The molecule has 0 radical (unpaired) electrons. The van der Waals surface area contributed by atoms with Crippen LogP contribution in [0.4, 0.5) is 0 Å². The summed E-state index contributed by atoms with van der Waals surface area (Å²) in [7, 11) is 3.09. The number of carbonyl (C=O) groups excluding carboxylic acids is 3. The van der Waals surface area contributed by atoms with Crippen LogP contribution < -0.4 is 15.2 Å². The lowest BCUT2D eigenvalue weighted by Gasteiger charge is -2.38. The van der Waals surface area contributed by atoms with Crippen molar-refractivity contribution in [2.45, 2.75) is 38.5 Å². The molecular formula is C23H25N3O5. The number of hydrogen-bond acceptors (Lipinski definition) is 5. The molecule has 0 aromatic heterocycles. The summed E-state index contributed by atoms with van der Waals surface area (Å²) >= 11 is 0. The van der Waals surface area contributed by atoms with Gasteiger partial charge in [0.2, 0.25) is 11.8 Å². The largest absolute Gasteiger partial charge is 0.493 e. The summed E-state index contributed by atoms with van der Waals surface area (Å²) in [6, 6.07) is 9.41. The van der Waals surface area contributed by atoms with Crippen molar-refractivity contribution in [1.82, 2.24) is 9.80 Å². The van der Waals surface area contributed by atoms with Gasteiger partial charge in [-0.3, -0.25) is 14.4 Å². The van der Waals surface area contributed by atoms with E-state index in [0.29, 0.717) is 23.6 Å². The number of benzene rings is 2. The zero-order chi connectivity index (χ0) is 22.3. The molecule has 2 atom stereocenters. The van der Waals surface area contributed by atoms with E-state index in [2.05, 4.69) is 0 Å². The first-order chi connectivity index (χ1) is 14.8. The average Bonchev–Trinajstić information content (AvgIpc) is 3.12. The number of nitrogens with two attached hydrogens (primary N) is 1. The zero-order valence-corrected chi connectivity index (χ0v) is 17.8. The van der Waals surface area contributed by atoms with Crippen molar-refractivity contribution >= 4 is 17.7 Å². The first-order valence-electron chi connectivity index (χ1n) is 10.1. The van der Waals surface area contributed by atoms with E-state index in [1.807, 2.05) is 24.3 Å². The van der Waals surface area contributed by atoms with Gasteiger partial charge in [0.25, 0.3) is 5.91 Å². The van der Waals surface area contributed by atoms with Gasteiger partial charge in [-0.15, -0.1) is 0 Å². The first kappa shape index (κ1) is 20.7. The van der Waals surface area contributed by atoms with Crippen molar-refractivity contribution in [3.63, 3.8) is 0 Å². The number of methoxy groups -OCH3 is 2. The predicted molar refractivity (Wildman–Crippen MR) is 113 cm³/mol. The van der Waals surface area contributed by atoms with E-state index >= 15 is 0 Å². The van der Waals surface area contributed by atoms with Gasteiger partial charge in [-0.25, -0.2) is 0 Å². The molecule has 162 valence electrons. The molecule has 2 heterocycles. The van der Waals surface area contributed by atoms with Gasteiger partial charge in [-0.1, -0.05) is 18.2 Å². The monoisotopic (exact) mass is 423 g/mol. The van der Waals surface area contributed by atoms with E-state index in [4.69, 9.17) is 15.2 Å². The lowest BCUT2D eigenvalue weighted by atomic mass is 9.92. The molecule has 2 aromatic rings. The standard InChI is InChI=1S/C23H25N3O5/c1-13(25-11-14-6-4-5-7-17(14)23(25)29)22(28)26-12-16-10-20(31-3)19(30-2)9-15(16)8-18(26)21(24)27/h4-7,9-10,13,18H,8,11-12H2,1-3H3,(H2,24,27)/t13-,18-/m0/s1. The van der Waals surface area contributed by atoms with Crippen LogP contribution in [-0.2, 0) is 29.1 Å². The van der Waals surface area contributed by atoms with Crippen LogP contribution >= 0.6 is 0 Å². The van der Waals surface area contributed by atoms with Gasteiger partial charge in [0.15, 0.2) is 11.5 Å². The fraction of sp³-hybridized carbons (Fsp3) is 0.348. The minimum Gasteiger partial charge on any atom is -0.493 e. The van der Waals surface area contributed by atoms with Gasteiger partial charge >= 0.3 is 0 Å². The third-order valence-corrected chi connectivity index (χ3v) is 6.12. The van der Waals surface area contributed by atoms with E-state index in [1.165, 1.54) is 9.80 Å². The molecular weight excluding hydrogens is 398 g/mol. The lowest BCUT2D eigenvalue weighted by Crippen LogP contribution is -2.56. The zero-order valence-electron chi connectivity index (χ0n) is 17.8. The molecule has 8 heteroatoms. The number of ether oxygens (including phenoxy) is 2. The highest BCUT2D eigenvalue weighted by Gasteiger charge is 2.40. The Morgan fingerprint density at radius 2 is 1.68 bits per heavy atom. The van der Waals surface area contributed by atoms with Crippen molar-refractivity contribution in [2.24, 2.45) is 5.73 Å². The third kappa shape index (κ3) is 3.48. The second-order valence-electron chi connectivity index (χ2n) is 7.83. The maximum absolute atomic E-state index is 13.5. The Morgan fingerprint density at radius 3 is 2.29 bits per heavy atom. The van der Waals surface area contributed by atoms with Gasteiger partial charge in [0.1, 0.15) is 12.1 Å². The molecule has 0 bridgehead atoms. The molecule has 4 rings (SSSR count). The van der Waals surface area contributed by atoms with Gasteiger partial charge < -0.3 is 25.0 Å². The van der Waals surface area contributed by atoms with Crippen LogP contribution in [0.15, 0.2) is 36.4 Å². The van der Waals surface area contributed by atoms with Crippen molar-refractivity contribution in [2.75, 3.05) is 14.2 Å². The highest BCUT2D eigenvalue weighted by molar-refractivity contribution is 6.01. The number of hydrogen-bond donors (Lipinski definition) is 1. The highest BCUT2D eigenvalue weighted by Crippen LogP contribution is 2.35. The van der Waals surface area contributed by atoms with Crippen molar-refractivity contribution < 1.29 is 23.9 Å². The Balaban J connectivity index is 1.63. The summed E-state index contributed by atoms with van der Waals surface area (Å²) < 4.78 is 10.7. The molecule has 0 fully saturated rings. The number of primary amides is 1. The Morgan fingerprint density at radius 1 is 1.03 bits per heavy atom. The Hall–Kier alpha value is -3.55. The number of fused-ring (bicyclic) bond motifs is 2. The van der Waals surface area contributed by atoms with E-state index in [-0.39, 0.29) is 24.8 Å². The van der Waals surface area contributed by atoms with E-state index < -0.39 is 18.0 Å². The quantitative estimate of drug-likeness (QED) is 0.785. The normalized spacial score (nSPS) is 18.3. The second-order valence-corrected chi connectivity index (χ2v) is 7.83. The molecule has 2 aliphatic rings. The Kier molecular flexibility index (Phi) is 5.31. The fourth-order valence-electron chi connectivity index (χ4n) is 4.36. The molecule has 0 spiro atoms. The predicted octanol–water partition coefficient (Wildman–Crippen LogP) is 1.49.